The van der Waals surface area contributed by atoms with Gasteiger partial charge in [0.1, 0.15) is 0 Å². The minimum absolute atomic E-state index is 0. The van der Waals surface area contributed by atoms with Crippen LogP contribution in [0.5, 0.6) is 0 Å². The van der Waals surface area contributed by atoms with Crippen LogP contribution in [-0.2, 0) is 0 Å². The molecule has 1 aliphatic rings. The van der Waals surface area contributed by atoms with E-state index in [1.165, 1.54) is 0 Å². The monoisotopic (exact) mass is 384 g/mol. The van der Waals surface area contributed by atoms with Crippen molar-refractivity contribution >= 4 is 34.2 Å². The Bertz CT molecular complexity index is 623. The number of hydrogen-bond acceptors (Lipinski definition) is 3. The van der Waals surface area contributed by atoms with Crippen LogP contribution < -0.4 is 10.6 Å². The average Bonchev–Trinajstić information content (AvgIpc) is 2.99. The zero-order chi connectivity index (χ0) is 14.7. The summed E-state index contributed by atoms with van der Waals surface area (Å²) in [4.78, 5) is 12.2. The molecule has 118 valence electrons. The normalized spacial score (nSPS) is 17.6. The van der Waals surface area contributed by atoms with Crippen LogP contribution in [0.15, 0.2) is 41.1 Å². The molecular weight excluding hydrogens is 368 g/mol. The molecule has 1 amide bonds. The number of halogens is 2. The molecule has 0 aliphatic carbocycles. The number of aromatic nitrogens is 2. The maximum absolute atomic E-state index is 12.2. The Hall–Kier alpha value is -1.37. The van der Waals surface area contributed by atoms with Gasteiger partial charge in [0.05, 0.1) is 17.4 Å². The molecule has 1 aliphatic heterocycles. The van der Waals surface area contributed by atoms with Crippen LogP contribution in [0, 0.1) is 0 Å². The SMILES string of the molecule is Cl.O=C(NC1CCCNC1)c1cnn(-c2ccc(Br)cc2)c1. The van der Waals surface area contributed by atoms with Crippen LogP contribution in [0.2, 0.25) is 0 Å². The summed E-state index contributed by atoms with van der Waals surface area (Å²) in [7, 11) is 0. The Morgan fingerprint density at radius 2 is 2.14 bits per heavy atom. The highest BCUT2D eigenvalue weighted by Gasteiger charge is 2.17. The lowest BCUT2D eigenvalue weighted by molar-refractivity contribution is 0.0930. The quantitative estimate of drug-likeness (QED) is 0.853. The molecule has 1 fully saturated rings. The fourth-order valence-corrected chi connectivity index (χ4v) is 2.68. The third-order valence-electron chi connectivity index (χ3n) is 3.57. The molecule has 0 radical (unpaired) electrons. The lowest BCUT2D eigenvalue weighted by Crippen LogP contribution is -2.45. The van der Waals surface area contributed by atoms with Gasteiger partial charge in [-0.15, -0.1) is 12.4 Å². The Morgan fingerprint density at radius 3 is 2.82 bits per heavy atom. The zero-order valence-corrected chi connectivity index (χ0v) is 14.4. The zero-order valence-electron chi connectivity index (χ0n) is 12.0. The van der Waals surface area contributed by atoms with Crippen molar-refractivity contribution in [2.24, 2.45) is 0 Å². The Kier molecular flexibility index (Phi) is 5.99. The van der Waals surface area contributed by atoms with Gasteiger partial charge < -0.3 is 10.6 Å². The third kappa shape index (κ3) is 4.09. The molecule has 1 atom stereocenters. The summed E-state index contributed by atoms with van der Waals surface area (Å²) in [5.41, 5.74) is 1.51. The first-order chi connectivity index (χ1) is 10.2. The van der Waals surface area contributed by atoms with Gasteiger partial charge in [0.15, 0.2) is 0 Å². The molecule has 0 spiro atoms. The van der Waals surface area contributed by atoms with E-state index >= 15 is 0 Å². The summed E-state index contributed by atoms with van der Waals surface area (Å²) in [6.45, 7) is 1.88. The van der Waals surface area contributed by atoms with Crippen LogP contribution in [-0.4, -0.2) is 34.8 Å². The van der Waals surface area contributed by atoms with Crippen molar-refractivity contribution in [3.05, 3.63) is 46.7 Å². The predicted molar refractivity (Wildman–Crippen MR) is 91.9 cm³/mol. The molecule has 2 aromatic rings. The average molecular weight is 386 g/mol. The minimum atomic E-state index is -0.0629. The van der Waals surface area contributed by atoms with Gasteiger partial charge >= 0.3 is 0 Å². The molecule has 1 unspecified atom stereocenters. The second kappa shape index (κ2) is 7.76. The predicted octanol–water partition coefficient (Wildman–Crippen LogP) is 2.54. The molecule has 1 saturated heterocycles. The highest BCUT2D eigenvalue weighted by Crippen LogP contribution is 2.14. The van der Waals surface area contributed by atoms with Crippen molar-refractivity contribution in [3.63, 3.8) is 0 Å². The summed E-state index contributed by atoms with van der Waals surface area (Å²) < 4.78 is 2.72. The van der Waals surface area contributed by atoms with E-state index in [2.05, 4.69) is 31.7 Å². The number of amides is 1. The van der Waals surface area contributed by atoms with Gasteiger partial charge in [0.2, 0.25) is 0 Å². The van der Waals surface area contributed by atoms with Gasteiger partial charge in [-0.1, -0.05) is 15.9 Å². The molecule has 3 rings (SSSR count). The van der Waals surface area contributed by atoms with Gasteiger partial charge in [-0.2, -0.15) is 5.10 Å². The molecule has 5 nitrogen and oxygen atoms in total. The largest absolute Gasteiger partial charge is 0.348 e. The van der Waals surface area contributed by atoms with Crippen LogP contribution in [0.1, 0.15) is 23.2 Å². The van der Waals surface area contributed by atoms with E-state index in [9.17, 15) is 4.79 Å². The van der Waals surface area contributed by atoms with E-state index in [-0.39, 0.29) is 24.4 Å². The molecule has 2 heterocycles. The molecule has 2 N–H and O–H groups in total. The number of nitrogens with zero attached hydrogens (tertiary/aromatic N) is 2. The van der Waals surface area contributed by atoms with Crippen molar-refractivity contribution in [2.45, 2.75) is 18.9 Å². The smallest absolute Gasteiger partial charge is 0.254 e. The third-order valence-corrected chi connectivity index (χ3v) is 4.10. The van der Waals surface area contributed by atoms with Crippen molar-refractivity contribution < 1.29 is 4.79 Å². The number of hydrogen-bond donors (Lipinski definition) is 2. The van der Waals surface area contributed by atoms with E-state index < -0.39 is 0 Å². The lowest BCUT2D eigenvalue weighted by Gasteiger charge is -2.23. The van der Waals surface area contributed by atoms with E-state index in [1.54, 1.807) is 17.1 Å². The van der Waals surface area contributed by atoms with Crippen LogP contribution >= 0.6 is 28.3 Å². The first kappa shape index (κ1) is 17.0. The number of piperidine rings is 1. The standard InChI is InChI=1S/C15H17BrN4O.ClH/c16-12-3-5-14(6-4-12)20-10-11(8-18-20)15(21)19-13-2-1-7-17-9-13;/h3-6,8,10,13,17H,1-2,7,9H2,(H,19,21);1H. The first-order valence-corrected chi connectivity index (χ1v) is 7.84. The summed E-state index contributed by atoms with van der Waals surface area (Å²) >= 11 is 3.40. The summed E-state index contributed by atoms with van der Waals surface area (Å²) in [6, 6.07) is 8.00. The highest BCUT2D eigenvalue weighted by molar-refractivity contribution is 9.10. The maximum atomic E-state index is 12.2. The fourth-order valence-electron chi connectivity index (χ4n) is 2.42. The number of benzene rings is 1. The van der Waals surface area contributed by atoms with Gasteiger partial charge in [0, 0.05) is 23.3 Å². The summed E-state index contributed by atoms with van der Waals surface area (Å²) in [5, 5.41) is 10.6. The van der Waals surface area contributed by atoms with Crippen LogP contribution in [0.3, 0.4) is 0 Å². The summed E-state index contributed by atoms with van der Waals surface area (Å²) in [6.07, 6.45) is 5.49. The molecule has 1 aromatic carbocycles. The maximum Gasteiger partial charge on any atom is 0.254 e. The fraction of sp³-hybridized carbons (Fsp3) is 0.333. The minimum Gasteiger partial charge on any atom is -0.348 e. The summed E-state index contributed by atoms with van der Waals surface area (Å²) in [5.74, 6) is -0.0629. The van der Waals surface area contributed by atoms with Crippen molar-refractivity contribution in [1.29, 1.82) is 0 Å². The molecule has 0 bridgehead atoms. The number of nitrogens with one attached hydrogen (secondary N) is 2. The van der Waals surface area contributed by atoms with Gasteiger partial charge in [0.25, 0.3) is 5.91 Å². The van der Waals surface area contributed by atoms with Crippen LogP contribution in [0.25, 0.3) is 5.69 Å². The second-order valence-electron chi connectivity index (χ2n) is 5.17. The van der Waals surface area contributed by atoms with E-state index in [1.807, 2.05) is 24.3 Å². The molecular formula is C15H18BrClN4O. The highest BCUT2D eigenvalue weighted by atomic mass is 79.9. The lowest BCUT2D eigenvalue weighted by atomic mass is 10.1. The Labute approximate surface area is 144 Å². The molecule has 7 heteroatoms. The first-order valence-electron chi connectivity index (χ1n) is 7.04. The Balaban J connectivity index is 0.00000176. The Morgan fingerprint density at radius 1 is 1.36 bits per heavy atom. The van der Waals surface area contributed by atoms with Crippen molar-refractivity contribution in [3.8, 4) is 5.69 Å². The molecule has 22 heavy (non-hydrogen) atoms. The van der Waals surface area contributed by atoms with Crippen molar-refractivity contribution in [2.75, 3.05) is 13.1 Å². The van der Waals surface area contributed by atoms with Gasteiger partial charge in [-0.05, 0) is 43.7 Å². The van der Waals surface area contributed by atoms with Crippen molar-refractivity contribution in [1.82, 2.24) is 20.4 Å². The second-order valence-corrected chi connectivity index (χ2v) is 6.08. The number of rotatable bonds is 3. The van der Waals surface area contributed by atoms with Gasteiger partial charge in [-0.25, -0.2) is 4.68 Å². The topological polar surface area (TPSA) is 59.0 Å². The number of carbonyl (C=O) groups excluding carboxylic acids is 1. The van der Waals surface area contributed by atoms with E-state index in [0.717, 1.165) is 36.1 Å². The number of carbonyl (C=O) groups is 1. The molecule has 0 saturated carbocycles. The molecule has 1 aromatic heterocycles. The van der Waals surface area contributed by atoms with Crippen LogP contribution in [0.4, 0.5) is 0 Å². The van der Waals surface area contributed by atoms with Gasteiger partial charge in [-0.3, -0.25) is 4.79 Å². The van der Waals surface area contributed by atoms with E-state index in [4.69, 9.17) is 0 Å². The van der Waals surface area contributed by atoms with E-state index in [0.29, 0.717) is 5.56 Å².